The van der Waals surface area contributed by atoms with Gasteiger partial charge in [0.2, 0.25) is 0 Å². The average Bonchev–Trinajstić information content (AvgIpc) is 3.22. The first-order valence-corrected chi connectivity index (χ1v) is 8.28. The van der Waals surface area contributed by atoms with E-state index in [0.29, 0.717) is 16.3 Å². The molecule has 0 saturated heterocycles. The fraction of sp³-hybridized carbons (Fsp3) is 0.158. The Morgan fingerprint density at radius 2 is 2.08 bits per heavy atom. The summed E-state index contributed by atoms with van der Waals surface area (Å²) in [6.07, 6.45) is 3.48. The summed E-state index contributed by atoms with van der Waals surface area (Å²) in [4.78, 5) is 12.7. The van der Waals surface area contributed by atoms with Crippen molar-refractivity contribution in [3.63, 3.8) is 0 Å². The van der Waals surface area contributed by atoms with Crippen molar-refractivity contribution in [3.05, 3.63) is 76.4 Å². The van der Waals surface area contributed by atoms with Crippen LogP contribution >= 0.6 is 11.6 Å². The minimum atomic E-state index is -0.125. The van der Waals surface area contributed by atoms with Gasteiger partial charge in [0.1, 0.15) is 0 Å². The lowest BCUT2D eigenvalue weighted by atomic mass is 10.1. The molecule has 24 heavy (non-hydrogen) atoms. The van der Waals surface area contributed by atoms with E-state index in [1.54, 1.807) is 12.3 Å². The van der Waals surface area contributed by atoms with E-state index >= 15 is 0 Å². The Bertz CT molecular complexity index is 903. The van der Waals surface area contributed by atoms with Gasteiger partial charge in [-0.2, -0.15) is 5.10 Å². The van der Waals surface area contributed by atoms with E-state index in [4.69, 9.17) is 11.6 Å². The third kappa shape index (κ3) is 2.69. The second-order valence-corrected chi connectivity index (χ2v) is 6.37. The summed E-state index contributed by atoms with van der Waals surface area (Å²) in [7, 11) is 0. The zero-order valence-corrected chi connectivity index (χ0v) is 13.7. The SMILES string of the molecule is O=C(N[C@@H]1CCc2ccccc21)c1cn[nH]c1-c1cccc(Cl)c1. The first-order chi connectivity index (χ1) is 11.7. The molecule has 2 aromatic carbocycles. The van der Waals surface area contributed by atoms with E-state index < -0.39 is 0 Å². The average molecular weight is 338 g/mol. The van der Waals surface area contributed by atoms with E-state index in [1.807, 2.05) is 30.3 Å². The Morgan fingerprint density at radius 1 is 1.21 bits per heavy atom. The molecule has 4 nitrogen and oxygen atoms in total. The van der Waals surface area contributed by atoms with Crippen molar-refractivity contribution < 1.29 is 4.79 Å². The molecule has 1 aliphatic carbocycles. The fourth-order valence-corrected chi connectivity index (χ4v) is 3.46. The number of nitrogens with zero attached hydrogens (tertiary/aromatic N) is 1. The number of amides is 1. The normalized spacial score (nSPS) is 16.0. The molecule has 2 N–H and O–H groups in total. The van der Waals surface area contributed by atoms with Crippen molar-refractivity contribution >= 4 is 17.5 Å². The van der Waals surface area contributed by atoms with Gasteiger partial charge in [0, 0.05) is 10.6 Å². The number of carbonyl (C=O) groups excluding carboxylic acids is 1. The largest absolute Gasteiger partial charge is 0.345 e. The third-order valence-electron chi connectivity index (χ3n) is 4.44. The van der Waals surface area contributed by atoms with Crippen LogP contribution < -0.4 is 5.32 Å². The van der Waals surface area contributed by atoms with Gasteiger partial charge in [0.15, 0.2) is 0 Å². The molecule has 1 amide bonds. The number of nitrogens with one attached hydrogen (secondary N) is 2. The van der Waals surface area contributed by atoms with Crippen LogP contribution in [-0.2, 0) is 6.42 Å². The molecule has 1 aliphatic rings. The second-order valence-electron chi connectivity index (χ2n) is 5.93. The molecule has 0 saturated carbocycles. The number of H-pyrrole nitrogens is 1. The Balaban J connectivity index is 1.60. The molecule has 0 fully saturated rings. The summed E-state index contributed by atoms with van der Waals surface area (Å²) >= 11 is 6.05. The number of aromatic amines is 1. The molecule has 3 aromatic rings. The van der Waals surface area contributed by atoms with Crippen LogP contribution in [0.4, 0.5) is 0 Å². The number of halogens is 1. The maximum absolute atomic E-state index is 12.7. The predicted molar refractivity (Wildman–Crippen MR) is 94.0 cm³/mol. The van der Waals surface area contributed by atoms with Gasteiger partial charge in [0.25, 0.3) is 5.91 Å². The highest BCUT2D eigenvalue weighted by molar-refractivity contribution is 6.30. The Kier molecular flexibility index (Phi) is 3.82. The molecule has 1 atom stereocenters. The monoisotopic (exact) mass is 337 g/mol. The van der Waals surface area contributed by atoms with E-state index in [0.717, 1.165) is 18.4 Å². The molecule has 1 aromatic heterocycles. The highest BCUT2D eigenvalue weighted by Gasteiger charge is 2.25. The van der Waals surface area contributed by atoms with Crippen molar-refractivity contribution in [3.8, 4) is 11.3 Å². The molecule has 5 heteroatoms. The Morgan fingerprint density at radius 3 is 2.96 bits per heavy atom. The summed E-state index contributed by atoms with van der Waals surface area (Å²) in [5.41, 5.74) is 4.57. The van der Waals surface area contributed by atoms with E-state index in [2.05, 4.69) is 27.6 Å². The molecule has 120 valence electrons. The molecule has 0 unspecified atom stereocenters. The fourth-order valence-electron chi connectivity index (χ4n) is 3.27. The standard InChI is InChI=1S/C19H16ClN3O/c20-14-6-3-5-13(10-14)18-16(11-21-23-18)19(24)22-17-9-8-12-4-1-2-7-15(12)17/h1-7,10-11,17H,8-9H2,(H,21,23)(H,22,24)/t17-/m1/s1. The molecule has 4 rings (SSSR count). The van der Waals surface area contributed by atoms with Gasteiger partial charge in [0.05, 0.1) is 23.5 Å². The maximum Gasteiger partial charge on any atom is 0.255 e. The zero-order chi connectivity index (χ0) is 16.5. The minimum absolute atomic E-state index is 0.0517. The molecule has 0 spiro atoms. The first kappa shape index (κ1) is 15.0. The maximum atomic E-state index is 12.7. The van der Waals surface area contributed by atoms with Gasteiger partial charge < -0.3 is 5.32 Å². The lowest BCUT2D eigenvalue weighted by Crippen LogP contribution is -2.27. The van der Waals surface area contributed by atoms with Crippen LogP contribution in [-0.4, -0.2) is 16.1 Å². The van der Waals surface area contributed by atoms with Crippen molar-refractivity contribution in [1.82, 2.24) is 15.5 Å². The number of fused-ring (bicyclic) bond motifs is 1. The van der Waals surface area contributed by atoms with Crippen molar-refractivity contribution in [2.75, 3.05) is 0 Å². The zero-order valence-electron chi connectivity index (χ0n) is 12.9. The summed E-state index contributed by atoms with van der Waals surface area (Å²) in [6, 6.07) is 15.7. The Labute approximate surface area is 144 Å². The second kappa shape index (κ2) is 6.13. The van der Waals surface area contributed by atoms with Crippen LogP contribution in [0.5, 0.6) is 0 Å². The molecule has 1 heterocycles. The van der Waals surface area contributed by atoms with Crippen LogP contribution in [0.1, 0.15) is 33.9 Å². The number of carbonyl (C=O) groups is 1. The number of rotatable bonds is 3. The van der Waals surface area contributed by atoms with Crippen LogP contribution in [0.3, 0.4) is 0 Å². The number of hydrogen-bond acceptors (Lipinski definition) is 2. The van der Waals surface area contributed by atoms with E-state index in [9.17, 15) is 4.79 Å². The summed E-state index contributed by atoms with van der Waals surface area (Å²) in [6.45, 7) is 0. The smallest absolute Gasteiger partial charge is 0.255 e. The van der Waals surface area contributed by atoms with Gasteiger partial charge >= 0.3 is 0 Å². The highest BCUT2D eigenvalue weighted by Crippen LogP contribution is 2.31. The molecule has 0 aliphatic heterocycles. The van der Waals surface area contributed by atoms with Gasteiger partial charge in [-0.05, 0) is 36.1 Å². The third-order valence-corrected chi connectivity index (χ3v) is 4.67. The van der Waals surface area contributed by atoms with Gasteiger partial charge in [-0.25, -0.2) is 0 Å². The number of aryl methyl sites for hydroxylation is 1. The number of aromatic nitrogens is 2. The molecule has 0 radical (unpaired) electrons. The van der Waals surface area contributed by atoms with E-state index in [-0.39, 0.29) is 11.9 Å². The highest BCUT2D eigenvalue weighted by atomic mass is 35.5. The molecular formula is C19H16ClN3O. The number of hydrogen-bond donors (Lipinski definition) is 2. The predicted octanol–water partition coefficient (Wildman–Crippen LogP) is 4.15. The lowest BCUT2D eigenvalue weighted by Gasteiger charge is -2.14. The molecule has 0 bridgehead atoms. The minimum Gasteiger partial charge on any atom is -0.345 e. The molecular weight excluding hydrogens is 322 g/mol. The van der Waals surface area contributed by atoms with E-state index in [1.165, 1.54) is 11.1 Å². The topological polar surface area (TPSA) is 57.8 Å². The van der Waals surface area contributed by atoms with Crippen molar-refractivity contribution in [2.24, 2.45) is 0 Å². The quantitative estimate of drug-likeness (QED) is 0.754. The van der Waals surface area contributed by atoms with Gasteiger partial charge in [-0.1, -0.05) is 48.0 Å². The summed E-state index contributed by atoms with van der Waals surface area (Å²) < 4.78 is 0. The van der Waals surface area contributed by atoms with Crippen molar-refractivity contribution in [1.29, 1.82) is 0 Å². The van der Waals surface area contributed by atoms with Crippen LogP contribution in [0.25, 0.3) is 11.3 Å². The number of benzene rings is 2. The summed E-state index contributed by atoms with van der Waals surface area (Å²) in [5.74, 6) is -0.125. The van der Waals surface area contributed by atoms with Gasteiger partial charge in [-0.15, -0.1) is 0 Å². The Hall–Kier alpha value is -2.59. The van der Waals surface area contributed by atoms with Crippen LogP contribution in [0, 0.1) is 0 Å². The van der Waals surface area contributed by atoms with Crippen molar-refractivity contribution in [2.45, 2.75) is 18.9 Å². The van der Waals surface area contributed by atoms with Crippen LogP contribution in [0.2, 0.25) is 5.02 Å². The lowest BCUT2D eigenvalue weighted by molar-refractivity contribution is 0.0937. The first-order valence-electron chi connectivity index (χ1n) is 7.90. The van der Waals surface area contributed by atoms with Gasteiger partial charge in [-0.3, -0.25) is 9.89 Å². The van der Waals surface area contributed by atoms with Crippen LogP contribution in [0.15, 0.2) is 54.7 Å². The summed E-state index contributed by atoms with van der Waals surface area (Å²) in [5, 5.41) is 10.7.